The van der Waals surface area contributed by atoms with Gasteiger partial charge in [0.15, 0.2) is 6.10 Å². The van der Waals surface area contributed by atoms with Crippen LogP contribution < -0.4 is 0 Å². The van der Waals surface area contributed by atoms with Gasteiger partial charge in [-0.3, -0.25) is 14.4 Å². The molecule has 6 nitrogen and oxygen atoms in total. The number of carbonyl (C=O) groups excluding carboxylic acids is 3. The van der Waals surface area contributed by atoms with Crippen LogP contribution in [0.15, 0.2) is 48.6 Å². The Morgan fingerprint density at radius 1 is 0.308 bits per heavy atom. The molecular formula is C59H106O6. The quantitative estimate of drug-likeness (QED) is 0.0262. The SMILES string of the molecule is CCCCC/C=C\C/C=C\C/C=C\CCCCC(=O)OC[C@H](COC(=O)CCCCCCCCCCCCC)OC(=O)CCCCCCCCCCCCC/C=C\CCCCCCCC. The fourth-order valence-electron chi connectivity index (χ4n) is 8.03. The molecule has 0 spiro atoms. The first-order chi connectivity index (χ1) is 32.0. The fourth-order valence-corrected chi connectivity index (χ4v) is 8.03. The lowest BCUT2D eigenvalue weighted by Gasteiger charge is -2.18. The maximum Gasteiger partial charge on any atom is 0.306 e. The maximum atomic E-state index is 12.8. The van der Waals surface area contributed by atoms with Crippen LogP contribution >= 0.6 is 0 Å². The molecular weight excluding hydrogens is 805 g/mol. The highest BCUT2D eigenvalue weighted by Gasteiger charge is 2.19. The van der Waals surface area contributed by atoms with Crippen molar-refractivity contribution in [3.05, 3.63) is 48.6 Å². The van der Waals surface area contributed by atoms with E-state index in [0.29, 0.717) is 19.3 Å². The topological polar surface area (TPSA) is 78.9 Å². The van der Waals surface area contributed by atoms with Crippen molar-refractivity contribution >= 4 is 17.9 Å². The second kappa shape index (κ2) is 54.0. The van der Waals surface area contributed by atoms with E-state index < -0.39 is 6.10 Å². The minimum atomic E-state index is -0.786. The molecule has 0 aliphatic heterocycles. The van der Waals surface area contributed by atoms with Crippen molar-refractivity contribution in [3.63, 3.8) is 0 Å². The number of unbranched alkanes of at least 4 members (excludes halogenated alkanes) is 32. The van der Waals surface area contributed by atoms with E-state index in [9.17, 15) is 14.4 Å². The zero-order valence-corrected chi connectivity index (χ0v) is 43.3. The van der Waals surface area contributed by atoms with E-state index in [1.807, 2.05) is 0 Å². The Morgan fingerprint density at radius 3 is 0.938 bits per heavy atom. The van der Waals surface area contributed by atoms with Crippen molar-refractivity contribution in [1.29, 1.82) is 0 Å². The van der Waals surface area contributed by atoms with E-state index in [2.05, 4.69) is 69.4 Å². The molecule has 0 fully saturated rings. The smallest absolute Gasteiger partial charge is 0.306 e. The molecule has 0 heterocycles. The summed E-state index contributed by atoms with van der Waals surface area (Å²) in [6.45, 7) is 6.59. The maximum absolute atomic E-state index is 12.8. The molecule has 0 bridgehead atoms. The molecule has 1 atom stereocenters. The Labute approximate surface area is 403 Å². The van der Waals surface area contributed by atoms with Gasteiger partial charge in [0.1, 0.15) is 13.2 Å². The number of hydrogen-bond donors (Lipinski definition) is 0. The van der Waals surface area contributed by atoms with E-state index in [0.717, 1.165) is 70.6 Å². The summed E-state index contributed by atoms with van der Waals surface area (Å²) in [6.07, 6.45) is 65.3. The normalized spacial score (nSPS) is 12.4. The number of hydrogen-bond acceptors (Lipinski definition) is 6. The van der Waals surface area contributed by atoms with Gasteiger partial charge in [-0.05, 0) is 83.5 Å². The van der Waals surface area contributed by atoms with Crippen LogP contribution in [0.1, 0.15) is 290 Å². The summed E-state index contributed by atoms with van der Waals surface area (Å²) in [5.41, 5.74) is 0. The Hall–Kier alpha value is -2.63. The first-order valence-corrected chi connectivity index (χ1v) is 28.1. The molecule has 0 saturated heterocycles. The van der Waals surface area contributed by atoms with Crippen LogP contribution in [0.5, 0.6) is 0 Å². The third kappa shape index (κ3) is 52.2. The van der Waals surface area contributed by atoms with Crippen molar-refractivity contribution < 1.29 is 28.6 Å². The van der Waals surface area contributed by atoms with E-state index >= 15 is 0 Å². The van der Waals surface area contributed by atoms with Gasteiger partial charge in [-0.25, -0.2) is 0 Å². The summed E-state index contributed by atoms with van der Waals surface area (Å²) in [7, 11) is 0. The van der Waals surface area contributed by atoms with Crippen LogP contribution in [0.4, 0.5) is 0 Å². The predicted octanol–water partition coefficient (Wildman–Crippen LogP) is 18.7. The first-order valence-electron chi connectivity index (χ1n) is 28.1. The van der Waals surface area contributed by atoms with Gasteiger partial charge in [0.05, 0.1) is 0 Å². The van der Waals surface area contributed by atoms with Crippen molar-refractivity contribution in [2.45, 2.75) is 297 Å². The summed E-state index contributed by atoms with van der Waals surface area (Å²) >= 11 is 0. The lowest BCUT2D eigenvalue weighted by molar-refractivity contribution is -0.167. The van der Waals surface area contributed by atoms with Crippen LogP contribution in [0.3, 0.4) is 0 Å². The highest BCUT2D eigenvalue weighted by Crippen LogP contribution is 2.16. The molecule has 0 aliphatic rings. The molecule has 0 amide bonds. The molecule has 378 valence electrons. The van der Waals surface area contributed by atoms with Crippen LogP contribution in [0.25, 0.3) is 0 Å². The summed E-state index contributed by atoms with van der Waals surface area (Å²) in [4.78, 5) is 38.0. The van der Waals surface area contributed by atoms with Gasteiger partial charge in [-0.1, -0.05) is 236 Å². The molecule has 65 heavy (non-hydrogen) atoms. The third-order valence-corrected chi connectivity index (χ3v) is 12.3. The molecule has 0 N–H and O–H groups in total. The fraction of sp³-hybridized carbons (Fsp3) is 0.814. The molecule has 0 saturated carbocycles. The monoisotopic (exact) mass is 911 g/mol. The lowest BCUT2D eigenvalue weighted by atomic mass is 10.0. The summed E-state index contributed by atoms with van der Waals surface area (Å²) in [6, 6.07) is 0. The van der Waals surface area contributed by atoms with E-state index in [1.165, 1.54) is 180 Å². The first kappa shape index (κ1) is 62.4. The van der Waals surface area contributed by atoms with Crippen LogP contribution in [0.2, 0.25) is 0 Å². The standard InChI is InChI=1S/C59H106O6/c1-4-7-10-13-16-19-22-24-26-27-28-29-30-31-33-35-38-41-44-47-50-53-59(62)65-56(54-63-57(60)51-48-45-42-39-36-21-18-15-12-9-6-3)55-64-58(61)52-49-46-43-40-37-34-32-25-23-20-17-14-11-8-5-2/h17,20,24-26,32,37,40,56H,4-16,18-19,21-23,27-31,33-36,38-39,41-55H2,1-3H3/b20-17-,26-24-,32-25-,40-37-/t56-/m0/s1. The molecule has 0 aliphatic carbocycles. The average Bonchev–Trinajstić information content (AvgIpc) is 3.30. The number of carbonyl (C=O) groups is 3. The third-order valence-electron chi connectivity index (χ3n) is 12.3. The van der Waals surface area contributed by atoms with Gasteiger partial charge in [0, 0.05) is 19.3 Å². The molecule has 0 aromatic heterocycles. The van der Waals surface area contributed by atoms with Gasteiger partial charge >= 0.3 is 17.9 Å². The molecule has 6 heteroatoms. The van der Waals surface area contributed by atoms with Crippen molar-refractivity contribution in [3.8, 4) is 0 Å². The van der Waals surface area contributed by atoms with Crippen LogP contribution in [-0.4, -0.2) is 37.2 Å². The largest absolute Gasteiger partial charge is 0.462 e. The second-order valence-corrected chi connectivity index (χ2v) is 18.8. The Kier molecular flexibility index (Phi) is 51.8. The van der Waals surface area contributed by atoms with Crippen molar-refractivity contribution in [2.24, 2.45) is 0 Å². The zero-order chi connectivity index (χ0) is 47.2. The zero-order valence-electron chi connectivity index (χ0n) is 43.3. The van der Waals surface area contributed by atoms with Gasteiger partial charge in [-0.2, -0.15) is 0 Å². The van der Waals surface area contributed by atoms with Crippen molar-refractivity contribution in [2.75, 3.05) is 13.2 Å². The molecule has 0 radical (unpaired) electrons. The van der Waals surface area contributed by atoms with Gasteiger partial charge < -0.3 is 14.2 Å². The molecule has 0 aromatic rings. The van der Waals surface area contributed by atoms with E-state index in [4.69, 9.17) is 14.2 Å². The summed E-state index contributed by atoms with van der Waals surface area (Å²) in [5.74, 6) is -0.913. The van der Waals surface area contributed by atoms with Crippen molar-refractivity contribution in [1.82, 2.24) is 0 Å². The lowest BCUT2D eigenvalue weighted by Crippen LogP contribution is -2.30. The summed E-state index contributed by atoms with van der Waals surface area (Å²) in [5, 5.41) is 0. The van der Waals surface area contributed by atoms with Crippen LogP contribution in [-0.2, 0) is 28.6 Å². The number of ether oxygens (including phenoxy) is 3. The number of rotatable bonds is 51. The minimum absolute atomic E-state index is 0.0826. The Morgan fingerprint density at radius 2 is 0.554 bits per heavy atom. The molecule has 0 unspecified atom stereocenters. The van der Waals surface area contributed by atoms with Gasteiger partial charge in [0.25, 0.3) is 0 Å². The Bertz CT molecular complexity index is 1140. The van der Waals surface area contributed by atoms with Gasteiger partial charge in [0.2, 0.25) is 0 Å². The molecule has 0 rings (SSSR count). The van der Waals surface area contributed by atoms with Crippen LogP contribution in [0, 0.1) is 0 Å². The highest BCUT2D eigenvalue weighted by molar-refractivity contribution is 5.71. The van der Waals surface area contributed by atoms with E-state index in [-0.39, 0.29) is 31.1 Å². The Balaban J connectivity index is 4.34. The van der Waals surface area contributed by atoms with E-state index in [1.54, 1.807) is 0 Å². The molecule has 0 aromatic carbocycles. The van der Waals surface area contributed by atoms with Gasteiger partial charge in [-0.15, -0.1) is 0 Å². The number of allylic oxidation sites excluding steroid dienone is 8. The highest BCUT2D eigenvalue weighted by atomic mass is 16.6. The predicted molar refractivity (Wildman–Crippen MR) is 279 cm³/mol. The minimum Gasteiger partial charge on any atom is -0.462 e. The summed E-state index contributed by atoms with van der Waals surface area (Å²) < 4.78 is 16.8. The number of esters is 3. The average molecular weight is 911 g/mol. The second-order valence-electron chi connectivity index (χ2n) is 18.8.